The van der Waals surface area contributed by atoms with E-state index in [1.54, 1.807) is 6.07 Å². The fourth-order valence-electron chi connectivity index (χ4n) is 1.09. The van der Waals surface area contributed by atoms with Crippen molar-refractivity contribution in [3.8, 4) is 5.75 Å². The molecule has 20 heavy (non-hydrogen) atoms. The Kier molecular flexibility index (Phi) is 9.11. The van der Waals surface area contributed by atoms with Crippen molar-refractivity contribution in [2.45, 2.75) is 24.8 Å². The molecule has 0 radical (unpaired) electrons. The van der Waals surface area contributed by atoms with Gasteiger partial charge in [-0.05, 0) is 18.7 Å². The normalized spacial score (nSPS) is 11.9. The minimum absolute atomic E-state index is 0.0487. The molecule has 0 fully saturated rings. The van der Waals surface area contributed by atoms with Crippen LogP contribution in [0.25, 0.3) is 0 Å². The van der Waals surface area contributed by atoms with Gasteiger partial charge in [0.05, 0.1) is 6.10 Å². The van der Waals surface area contributed by atoms with Crippen LogP contribution in [0, 0.1) is 6.07 Å². The van der Waals surface area contributed by atoms with Crippen molar-refractivity contribution < 1.29 is 26.7 Å². The molecule has 0 aliphatic heterocycles. The molecule has 0 heterocycles. The Morgan fingerprint density at radius 3 is 2.15 bits per heavy atom. The average molecular weight is 428 g/mol. The zero-order chi connectivity index (χ0) is 15.9. The van der Waals surface area contributed by atoms with Crippen LogP contribution in [0.5, 0.6) is 5.75 Å². The third-order valence-corrected chi connectivity index (χ3v) is 3.71. The topological polar surface area (TPSA) is 46.6 Å². The van der Waals surface area contributed by atoms with Crippen molar-refractivity contribution in [1.82, 2.24) is 4.31 Å². The van der Waals surface area contributed by atoms with Crippen LogP contribution in [0.2, 0.25) is 0 Å². The molecule has 0 aliphatic rings. The Bertz CT molecular complexity index is 526. The number of hydrogen-bond donors (Lipinski definition) is 0. The summed E-state index contributed by atoms with van der Waals surface area (Å²) in [5, 5.41) is 3.31. The van der Waals surface area contributed by atoms with Gasteiger partial charge in [0.25, 0.3) is 0 Å². The summed E-state index contributed by atoms with van der Waals surface area (Å²) in [6.45, 7) is 3.80. The maximum atomic E-state index is 11.7. The van der Waals surface area contributed by atoms with E-state index in [1.165, 1.54) is 30.5 Å². The van der Waals surface area contributed by atoms with Crippen LogP contribution in [0.3, 0.4) is 0 Å². The summed E-state index contributed by atoms with van der Waals surface area (Å²) in [5.41, 5.74) is 0. The zero-order valence-electron chi connectivity index (χ0n) is 11.7. The number of hydrogen-bond acceptors (Lipinski definition) is 3. The van der Waals surface area contributed by atoms with Crippen LogP contribution in [0.15, 0.2) is 23.1 Å². The van der Waals surface area contributed by atoms with Gasteiger partial charge in [-0.3, -0.25) is 0 Å². The van der Waals surface area contributed by atoms with Gasteiger partial charge in [0.1, 0.15) is 0 Å². The van der Waals surface area contributed by atoms with Crippen LogP contribution in [0.4, 0.5) is 0 Å². The van der Waals surface area contributed by atoms with E-state index in [-0.39, 0.29) is 11.0 Å². The molecule has 0 atom stereocenters. The number of halogens is 2. The number of benzene rings is 1. The predicted molar refractivity (Wildman–Crippen MR) is 80.7 cm³/mol. The van der Waals surface area contributed by atoms with Gasteiger partial charge in [0.2, 0.25) is 0 Å². The molecule has 0 saturated carbocycles. The summed E-state index contributed by atoms with van der Waals surface area (Å²) in [6.07, 6.45) is 0.0487. The van der Waals surface area contributed by atoms with Crippen molar-refractivity contribution in [2.75, 3.05) is 14.1 Å². The first kappa shape index (κ1) is 20.0. The summed E-state index contributed by atoms with van der Waals surface area (Å²) >= 11 is -1.48. The quantitative estimate of drug-likeness (QED) is 0.548. The molecule has 118 valence electrons. The Labute approximate surface area is 134 Å². The van der Waals surface area contributed by atoms with Gasteiger partial charge >= 0.3 is 38.0 Å². The summed E-state index contributed by atoms with van der Waals surface area (Å²) in [6, 6.07) is 7.35. The van der Waals surface area contributed by atoms with E-state index in [0.29, 0.717) is 5.75 Å². The summed E-state index contributed by atoms with van der Waals surface area (Å²) in [4.78, 5) is 0.216. The first-order valence-electron chi connectivity index (χ1n) is 5.46. The van der Waals surface area contributed by atoms with E-state index in [1.807, 2.05) is 13.8 Å². The molecule has 0 spiro atoms. The first-order valence-corrected chi connectivity index (χ1v) is 12.6. The van der Waals surface area contributed by atoms with Crippen molar-refractivity contribution >= 4 is 34.5 Å². The third-order valence-electron chi connectivity index (χ3n) is 1.90. The molecule has 0 N–H and O–H groups in total. The van der Waals surface area contributed by atoms with Gasteiger partial charge < -0.3 is 4.74 Å². The molecule has 0 aromatic heterocycles. The molecule has 8 heteroatoms. The number of sulfonamides is 1. The van der Waals surface area contributed by atoms with E-state index in [9.17, 15) is 8.42 Å². The van der Waals surface area contributed by atoms with Crippen molar-refractivity contribution in [1.29, 1.82) is 0 Å². The van der Waals surface area contributed by atoms with Gasteiger partial charge in [-0.25, -0.2) is 12.7 Å². The summed E-state index contributed by atoms with van der Waals surface area (Å²) in [7, 11) is 9.76. The van der Waals surface area contributed by atoms with Crippen LogP contribution < -0.4 is 4.74 Å². The van der Waals surface area contributed by atoms with Crippen molar-refractivity contribution in [3.63, 3.8) is 0 Å². The fraction of sp³-hybridized carbons (Fsp3) is 0.417. The molecule has 0 amide bonds. The van der Waals surface area contributed by atoms with Crippen molar-refractivity contribution in [3.05, 3.63) is 24.3 Å². The van der Waals surface area contributed by atoms with Gasteiger partial charge in [-0.2, -0.15) is 6.07 Å². The molecule has 0 bridgehead atoms. The molecule has 1 aromatic carbocycles. The molecule has 0 unspecified atom stereocenters. The Morgan fingerprint density at radius 2 is 1.85 bits per heavy atom. The molecule has 4 nitrogen and oxygen atoms in total. The van der Waals surface area contributed by atoms with E-state index < -0.39 is 23.5 Å². The molecular formula is C12H18Cl2NO3RuS-. The zero-order valence-corrected chi connectivity index (χ0v) is 15.8. The van der Waals surface area contributed by atoms with Gasteiger partial charge in [-0.1, -0.05) is 0 Å². The Morgan fingerprint density at radius 1 is 1.35 bits per heavy atom. The molecular weight excluding hydrogens is 410 g/mol. The van der Waals surface area contributed by atoms with Gasteiger partial charge in [0, 0.05) is 19.8 Å². The van der Waals surface area contributed by atoms with Crippen LogP contribution in [0.1, 0.15) is 13.8 Å². The van der Waals surface area contributed by atoms with Crippen LogP contribution in [-0.2, 0) is 23.5 Å². The standard InChI is InChI=1S/C11H16NO3S.CH2.2ClH.Ru/c1-9(2)15-10-5-7-11(8-6-10)16(13,14)12(3)4;;;;/h5,7-9H,1-4H3;1H2;2*1H;/q-1;;;;+2/p-2. The fourth-order valence-corrected chi connectivity index (χ4v) is 1.96. The monoisotopic (exact) mass is 428 g/mol. The van der Waals surface area contributed by atoms with Crippen LogP contribution in [-0.4, -0.2) is 38.0 Å². The maximum absolute atomic E-state index is 11.7. The van der Waals surface area contributed by atoms with Crippen molar-refractivity contribution in [2.24, 2.45) is 0 Å². The predicted octanol–water partition coefficient (Wildman–Crippen LogP) is 2.87. The number of rotatable bonds is 4. The molecule has 0 aliphatic carbocycles. The number of nitrogens with zero attached hydrogens (tertiary/aromatic N) is 1. The van der Waals surface area contributed by atoms with Gasteiger partial charge in [0.15, 0.2) is 10.0 Å². The van der Waals surface area contributed by atoms with Crippen LogP contribution >= 0.6 is 19.4 Å². The van der Waals surface area contributed by atoms with E-state index in [4.69, 9.17) is 24.1 Å². The van der Waals surface area contributed by atoms with E-state index in [0.717, 1.165) is 0 Å². The minimum atomic E-state index is -3.38. The van der Waals surface area contributed by atoms with E-state index >= 15 is 0 Å². The molecule has 1 rings (SSSR count). The van der Waals surface area contributed by atoms with Gasteiger partial charge in [-0.15, -0.1) is 18.2 Å². The van der Waals surface area contributed by atoms with E-state index in [2.05, 4.69) is 11.2 Å². The Balaban J connectivity index is 0.000000796. The molecule has 0 saturated heterocycles. The Hall–Kier alpha value is 0.00338. The summed E-state index contributed by atoms with van der Waals surface area (Å²) < 4.78 is 30.0. The third kappa shape index (κ3) is 7.70. The average Bonchev–Trinajstić information content (AvgIpc) is 2.27. The second-order valence-corrected chi connectivity index (χ2v) is 12.0. The second kappa shape index (κ2) is 9.11. The first-order chi connectivity index (χ1) is 9.07. The number of ether oxygens (including phenoxy) is 1. The SMILES string of the molecule is CC(C)Oc1[c-]cc(S(=O)(=O)N(C)C)cc1.[CH2]=[Ru]([Cl])[Cl]. The molecule has 1 aromatic rings. The summed E-state index contributed by atoms with van der Waals surface area (Å²) in [5.74, 6) is 0.549. The second-order valence-electron chi connectivity index (χ2n) is 4.08.